The largest absolute Gasteiger partial charge is 0.273 e. The number of fused-ring (bicyclic) bond motifs is 2. The number of carbonyl (C=O) groups is 2. The molecule has 4 rings (SSSR count). The second-order valence-corrected chi connectivity index (χ2v) is 8.14. The highest BCUT2D eigenvalue weighted by Crippen LogP contribution is 2.40. The van der Waals surface area contributed by atoms with Crippen molar-refractivity contribution in [3.63, 3.8) is 0 Å². The summed E-state index contributed by atoms with van der Waals surface area (Å²) in [5.74, 6) is 2.29. The molecule has 0 radical (unpaired) electrons. The van der Waals surface area contributed by atoms with E-state index < -0.39 is 0 Å². The van der Waals surface area contributed by atoms with Crippen molar-refractivity contribution in [2.75, 3.05) is 0 Å². The highest BCUT2D eigenvalue weighted by atomic mass is 16.2. The molecule has 0 aliphatic heterocycles. The quantitative estimate of drug-likeness (QED) is 0.392. The van der Waals surface area contributed by atoms with Gasteiger partial charge in [-0.3, -0.25) is 9.59 Å². The van der Waals surface area contributed by atoms with E-state index in [1.54, 1.807) is 0 Å². The lowest BCUT2D eigenvalue weighted by Crippen LogP contribution is -2.35. The van der Waals surface area contributed by atoms with E-state index in [9.17, 15) is 9.59 Å². The Morgan fingerprint density at radius 3 is 1.74 bits per heavy atom. The molecule has 6 heteroatoms. The summed E-state index contributed by atoms with van der Waals surface area (Å²) in [6, 6.07) is 0. The smallest absolute Gasteiger partial charge is 0.240 e. The topological polar surface area (TPSA) is 82.9 Å². The second kappa shape index (κ2) is 8.19. The molecule has 27 heavy (non-hydrogen) atoms. The van der Waals surface area contributed by atoms with Crippen molar-refractivity contribution < 1.29 is 9.59 Å². The molecule has 2 amide bonds. The zero-order chi connectivity index (χ0) is 18.6. The molecule has 2 saturated carbocycles. The number of hydrogen-bond acceptors (Lipinski definition) is 4. The van der Waals surface area contributed by atoms with Crippen LogP contribution < -0.4 is 10.9 Å². The van der Waals surface area contributed by atoms with Crippen molar-refractivity contribution in [2.45, 2.75) is 57.8 Å². The van der Waals surface area contributed by atoms with Gasteiger partial charge in [0, 0.05) is 36.1 Å². The van der Waals surface area contributed by atoms with Gasteiger partial charge in [-0.2, -0.15) is 10.2 Å². The number of amides is 2. The van der Waals surface area contributed by atoms with E-state index in [2.05, 4.69) is 45.4 Å². The van der Waals surface area contributed by atoms with Gasteiger partial charge in [-0.05, 0) is 50.4 Å². The van der Waals surface area contributed by atoms with Gasteiger partial charge in [0.25, 0.3) is 0 Å². The van der Waals surface area contributed by atoms with Crippen LogP contribution in [0.5, 0.6) is 0 Å². The van der Waals surface area contributed by atoms with Crippen LogP contribution in [0.4, 0.5) is 0 Å². The van der Waals surface area contributed by atoms with Gasteiger partial charge in [0.2, 0.25) is 11.8 Å². The van der Waals surface area contributed by atoms with Crippen molar-refractivity contribution in [2.24, 2.45) is 33.9 Å². The van der Waals surface area contributed by atoms with E-state index in [4.69, 9.17) is 0 Å². The summed E-state index contributed by atoms with van der Waals surface area (Å²) < 4.78 is 0. The molecular weight excluding hydrogens is 340 g/mol. The molecule has 0 aromatic carbocycles. The number of allylic oxidation sites excluding steroid dienone is 4. The highest BCUT2D eigenvalue weighted by Gasteiger charge is 2.38. The van der Waals surface area contributed by atoms with Gasteiger partial charge in [0.05, 0.1) is 0 Å². The standard InChI is InChI=1S/C21H28N4O2/c26-20(24-22-18-12-14-6-4-8-16(14)18)10-2-1-3-11-21(27)25-23-19-13-15-7-5-9-17(15)19/h4-5,8-9,14-17H,1-3,6-7,10-13H2,(H,24,26)(H,25,27). The third-order valence-electron chi connectivity index (χ3n) is 6.25. The van der Waals surface area contributed by atoms with E-state index in [-0.39, 0.29) is 11.8 Å². The Kier molecular flexibility index (Phi) is 5.50. The molecule has 0 heterocycles. The number of hydrazone groups is 2. The van der Waals surface area contributed by atoms with Crippen molar-refractivity contribution in [1.82, 2.24) is 10.9 Å². The van der Waals surface area contributed by atoms with Gasteiger partial charge in [0.15, 0.2) is 0 Å². The number of nitrogens with one attached hydrogen (secondary N) is 2. The Balaban J connectivity index is 1.04. The fourth-order valence-corrected chi connectivity index (χ4v) is 4.45. The maximum Gasteiger partial charge on any atom is 0.240 e. The summed E-state index contributed by atoms with van der Waals surface area (Å²) >= 11 is 0. The van der Waals surface area contributed by atoms with Gasteiger partial charge in [-0.1, -0.05) is 30.7 Å². The van der Waals surface area contributed by atoms with Crippen molar-refractivity contribution in [3.05, 3.63) is 24.3 Å². The first-order chi connectivity index (χ1) is 13.2. The summed E-state index contributed by atoms with van der Waals surface area (Å²) in [7, 11) is 0. The molecule has 2 N–H and O–H groups in total. The minimum atomic E-state index is -0.0343. The lowest BCUT2D eigenvalue weighted by atomic mass is 9.74. The van der Waals surface area contributed by atoms with Gasteiger partial charge in [-0.15, -0.1) is 0 Å². The third-order valence-corrected chi connectivity index (χ3v) is 6.25. The molecule has 0 aromatic rings. The predicted molar refractivity (Wildman–Crippen MR) is 105 cm³/mol. The molecular formula is C21H28N4O2. The predicted octanol–water partition coefficient (Wildman–Crippen LogP) is 3.07. The van der Waals surface area contributed by atoms with Crippen LogP contribution >= 0.6 is 0 Å². The Morgan fingerprint density at radius 1 is 0.815 bits per heavy atom. The molecule has 144 valence electrons. The Hall–Kier alpha value is -2.24. The van der Waals surface area contributed by atoms with E-state index >= 15 is 0 Å². The number of nitrogens with zero attached hydrogens (tertiary/aromatic N) is 2. The molecule has 0 aromatic heterocycles. The van der Waals surface area contributed by atoms with Crippen LogP contribution in [0.25, 0.3) is 0 Å². The van der Waals surface area contributed by atoms with Crippen LogP contribution in [-0.4, -0.2) is 23.2 Å². The van der Waals surface area contributed by atoms with E-state index in [1.165, 1.54) is 0 Å². The fraction of sp³-hybridized carbons (Fsp3) is 0.619. The first kappa shape index (κ1) is 18.1. The third kappa shape index (κ3) is 4.20. The van der Waals surface area contributed by atoms with Gasteiger partial charge in [-0.25, -0.2) is 10.9 Å². The summed E-state index contributed by atoms with van der Waals surface area (Å²) in [6.07, 6.45) is 16.4. The average molecular weight is 368 g/mol. The first-order valence-corrected chi connectivity index (χ1v) is 10.2. The molecule has 0 bridgehead atoms. The van der Waals surface area contributed by atoms with Crippen molar-refractivity contribution in [3.8, 4) is 0 Å². The molecule has 0 spiro atoms. The minimum absolute atomic E-state index is 0.0343. The maximum absolute atomic E-state index is 11.8. The second-order valence-electron chi connectivity index (χ2n) is 8.14. The number of rotatable bonds is 8. The Labute approximate surface area is 160 Å². The zero-order valence-electron chi connectivity index (χ0n) is 15.7. The summed E-state index contributed by atoms with van der Waals surface area (Å²) in [4.78, 5) is 23.7. The highest BCUT2D eigenvalue weighted by molar-refractivity contribution is 5.96. The van der Waals surface area contributed by atoms with Crippen molar-refractivity contribution >= 4 is 23.2 Å². The summed E-state index contributed by atoms with van der Waals surface area (Å²) in [6.45, 7) is 0. The van der Waals surface area contributed by atoms with Gasteiger partial charge < -0.3 is 0 Å². The Morgan fingerprint density at radius 2 is 1.30 bits per heavy atom. The summed E-state index contributed by atoms with van der Waals surface area (Å²) in [5.41, 5.74) is 7.55. The van der Waals surface area contributed by atoms with Crippen LogP contribution in [0.15, 0.2) is 34.5 Å². The van der Waals surface area contributed by atoms with Gasteiger partial charge in [0.1, 0.15) is 0 Å². The van der Waals surface area contributed by atoms with E-state index in [1.807, 2.05) is 0 Å². The van der Waals surface area contributed by atoms with Crippen molar-refractivity contribution in [1.29, 1.82) is 0 Å². The zero-order valence-corrected chi connectivity index (χ0v) is 15.7. The van der Waals surface area contributed by atoms with Crippen LogP contribution in [0, 0.1) is 23.7 Å². The van der Waals surface area contributed by atoms with Crippen LogP contribution in [-0.2, 0) is 9.59 Å². The van der Waals surface area contributed by atoms with Crippen LogP contribution in [0.2, 0.25) is 0 Å². The average Bonchev–Trinajstić information content (AvgIpc) is 3.18. The fourth-order valence-electron chi connectivity index (χ4n) is 4.45. The number of hydrogen-bond donors (Lipinski definition) is 2. The molecule has 2 fully saturated rings. The molecule has 0 saturated heterocycles. The SMILES string of the molecule is O=C(CCCCCC(=O)NN=C1CC2CC=CC12)NN=C1CC2CC=CC12. The van der Waals surface area contributed by atoms with E-state index in [0.717, 1.165) is 68.2 Å². The number of carbonyl (C=O) groups excluding carboxylic acids is 2. The molecule has 4 atom stereocenters. The normalized spacial score (nSPS) is 32.7. The van der Waals surface area contributed by atoms with Crippen LogP contribution in [0.3, 0.4) is 0 Å². The first-order valence-electron chi connectivity index (χ1n) is 10.2. The molecule has 4 unspecified atom stereocenters. The molecule has 6 nitrogen and oxygen atoms in total. The number of unbranched alkanes of at least 4 members (excludes halogenated alkanes) is 2. The minimum Gasteiger partial charge on any atom is -0.273 e. The van der Waals surface area contributed by atoms with E-state index in [0.29, 0.717) is 24.7 Å². The Bertz CT molecular complexity index is 662. The van der Waals surface area contributed by atoms with Crippen LogP contribution in [0.1, 0.15) is 57.8 Å². The molecule has 4 aliphatic carbocycles. The lowest BCUT2D eigenvalue weighted by molar-refractivity contribution is -0.121. The maximum atomic E-state index is 11.8. The summed E-state index contributed by atoms with van der Waals surface area (Å²) in [5, 5.41) is 8.52. The monoisotopic (exact) mass is 368 g/mol. The molecule has 4 aliphatic rings. The lowest BCUT2D eigenvalue weighted by Gasteiger charge is -2.31. The van der Waals surface area contributed by atoms with Gasteiger partial charge >= 0.3 is 0 Å².